The zero-order chi connectivity index (χ0) is 16.4. The maximum absolute atomic E-state index is 5.69. The number of nitrogen functional groups attached to an aromatic ring is 1. The van der Waals surface area contributed by atoms with Crippen LogP contribution in [0.5, 0.6) is 0 Å². The Morgan fingerprint density at radius 3 is 2.48 bits per heavy atom. The average Bonchev–Trinajstić information content (AvgIpc) is 3.15. The van der Waals surface area contributed by atoms with Gasteiger partial charge in [-0.1, -0.05) is 11.8 Å². The first-order valence-electron chi connectivity index (χ1n) is 7.45. The van der Waals surface area contributed by atoms with Gasteiger partial charge in [0.2, 0.25) is 0 Å². The minimum absolute atomic E-state index is 0.00559. The monoisotopic (exact) mass is 321 g/mol. The van der Waals surface area contributed by atoms with Gasteiger partial charge in [0.05, 0.1) is 9.75 Å². The summed E-state index contributed by atoms with van der Waals surface area (Å²) in [6, 6.07) is 11.7. The van der Waals surface area contributed by atoms with Gasteiger partial charge < -0.3 is 10.3 Å². The lowest BCUT2D eigenvalue weighted by atomic mass is 10.1. The molecule has 3 nitrogen and oxygen atoms in total. The predicted octanol–water partition coefficient (Wildman–Crippen LogP) is 4.35. The van der Waals surface area contributed by atoms with Crippen LogP contribution in [0.4, 0.5) is 5.69 Å². The number of hydrogen-bond donors (Lipinski definition) is 1. The van der Waals surface area contributed by atoms with Crippen molar-refractivity contribution in [3.63, 3.8) is 0 Å². The number of nitrogens with zero attached hydrogens (tertiary/aromatic N) is 2. The van der Waals surface area contributed by atoms with E-state index in [0.717, 1.165) is 26.8 Å². The smallest absolute Gasteiger partial charge is 0.150 e. The SMILES string of the molecule is CC(C)(C)n1ccnc1-c1ccc(C#Cc2ccc(N)cc2)s1. The Morgan fingerprint density at radius 1 is 1.04 bits per heavy atom. The van der Waals surface area contributed by atoms with Gasteiger partial charge in [-0.05, 0) is 57.2 Å². The number of nitrogens with two attached hydrogens (primary N) is 1. The van der Waals surface area contributed by atoms with Crippen LogP contribution in [0.3, 0.4) is 0 Å². The molecule has 3 rings (SSSR count). The van der Waals surface area contributed by atoms with Crippen molar-refractivity contribution in [3.05, 3.63) is 59.2 Å². The normalized spacial score (nSPS) is 11.1. The fourth-order valence-electron chi connectivity index (χ4n) is 2.25. The molecule has 0 amide bonds. The number of benzene rings is 1. The Hall–Kier alpha value is -2.51. The molecule has 2 aromatic heterocycles. The van der Waals surface area contributed by atoms with Crippen molar-refractivity contribution >= 4 is 17.0 Å². The number of rotatable bonds is 1. The third-order valence-corrected chi connectivity index (χ3v) is 4.43. The van der Waals surface area contributed by atoms with E-state index in [2.05, 4.69) is 48.2 Å². The van der Waals surface area contributed by atoms with Gasteiger partial charge in [-0.25, -0.2) is 4.98 Å². The first-order valence-corrected chi connectivity index (χ1v) is 8.27. The Morgan fingerprint density at radius 2 is 1.78 bits per heavy atom. The van der Waals surface area contributed by atoms with E-state index in [9.17, 15) is 0 Å². The van der Waals surface area contributed by atoms with Crippen LogP contribution in [0.25, 0.3) is 10.7 Å². The molecule has 0 aliphatic heterocycles. The van der Waals surface area contributed by atoms with Gasteiger partial charge in [0.1, 0.15) is 0 Å². The Bertz CT molecular complexity index is 868. The van der Waals surface area contributed by atoms with Gasteiger partial charge in [0.25, 0.3) is 0 Å². The Labute approximate surface area is 140 Å². The van der Waals surface area contributed by atoms with Crippen LogP contribution < -0.4 is 5.73 Å². The van der Waals surface area contributed by atoms with Gasteiger partial charge in [-0.2, -0.15) is 0 Å². The molecule has 4 heteroatoms. The molecule has 0 aliphatic carbocycles. The second kappa shape index (κ2) is 5.94. The average molecular weight is 321 g/mol. The van der Waals surface area contributed by atoms with E-state index < -0.39 is 0 Å². The van der Waals surface area contributed by atoms with Gasteiger partial charge in [-0.15, -0.1) is 11.3 Å². The van der Waals surface area contributed by atoms with E-state index in [0.29, 0.717) is 0 Å². The van der Waals surface area contributed by atoms with Gasteiger partial charge in [0, 0.05) is 29.2 Å². The maximum Gasteiger partial charge on any atom is 0.150 e. The molecule has 116 valence electrons. The van der Waals surface area contributed by atoms with E-state index in [1.165, 1.54) is 0 Å². The molecule has 3 aromatic rings. The summed E-state index contributed by atoms with van der Waals surface area (Å²) in [5.74, 6) is 7.37. The topological polar surface area (TPSA) is 43.8 Å². The molecule has 0 saturated carbocycles. The lowest BCUT2D eigenvalue weighted by molar-refractivity contribution is 0.401. The van der Waals surface area contributed by atoms with Crippen molar-refractivity contribution in [2.45, 2.75) is 26.3 Å². The van der Waals surface area contributed by atoms with Crippen LogP contribution in [0.2, 0.25) is 0 Å². The molecule has 1 aromatic carbocycles. The maximum atomic E-state index is 5.69. The Kier molecular flexibility index (Phi) is 3.97. The first kappa shape index (κ1) is 15.4. The van der Waals surface area contributed by atoms with Crippen LogP contribution in [-0.2, 0) is 5.54 Å². The van der Waals surface area contributed by atoms with Crippen molar-refractivity contribution < 1.29 is 0 Å². The van der Waals surface area contributed by atoms with Gasteiger partial charge >= 0.3 is 0 Å². The second-order valence-electron chi connectivity index (χ2n) is 6.33. The van der Waals surface area contributed by atoms with E-state index in [-0.39, 0.29) is 5.54 Å². The number of thiophene rings is 1. The van der Waals surface area contributed by atoms with Crippen LogP contribution in [0.1, 0.15) is 31.2 Å². The molecule has 0 unspecified atom stereocenters. The van der Waals surface area contributed by atoms with Gasteiger partial charge in [-0.3, -0.25) is 0 Å². The van der Waals surface area contributed by atoms with Crippen molar-refractivity contribution in [1.29, 1.82) is 0 Å². The van der Waals surface area contributed by atoms with Crippen molar-refractivity contribution in [3.8, 4) is 22.5 Å². The fraction of sp³-hybridized carbons (Fsp3) is 0.211. The summed E-state index contributed by atoms with van der Waals surface area (Å²) in [7, 11) is 0. The molecule has 0 radical (unpaired) electrons. The molecule has 0 fully saturated rings. The predicted molar refractivity (Wildman–Crippen MR) is 97.4 cm³/mol. The highest BCUT2D eigenvalue weighted by atomic mass is 32.1. The third-order valence-electron chi connectivity index (χ3n) is 3.43. The number of anilines is 1. The van der Waals surface area contributed by atoms with E-state index in [1.54, 1.807) is 11.3 Å². The molecule has 2 N–H and O–H groups in total. The molecule has 0 saturated heterocycles. The van der Waals surface area contributed by atoms with Crippen LogP contribution in [0, 0.1) is 11.8 Å². The Balaban J connectivity index is 1.88. The third kappa shape index (κ3) is 3.46. The van der Waals surface area contributed by atoms with E-state index in [4.69, 9.17) is 5.73 Å². The summed E-state index contributed by atoms with van der Waals surface area (Å²) in [5.41, 5.74) is 7.41. The van der Waals surface area contributed by atoms with E-state index in [1.807, 2.05) is 42.7 Å². The highest BCUT2D eigenvalue weighted by molar-refractivity contribution is 7.15. The molecule has 0 bridgehead atoms. The molecule has 23 heavy (non-hydrogen) atoms. The molecule has 2 heterocycles. The molecule has 0 spiro atoms. The summed E-state index contributed by atoms with van der Waals surface area (Å²) < 4.78 is 2.19. The van der Waals surface area contributed by atoms with Crippen LogP contribution in [0.15, 0.2) is 48.8 Å². The van der Waals surface area contributed by atoms with E-state index >= 15 is 0 Å². The lowest BCUT2D eigenvalue weighted by Crippen LogP contribution is -2.21. The first-order chi connectivity index (χ1) is 10.9. The van der Waals surface area contributed by atoms with Crippen molar-refractivity contribution in [2.24, 2.45) is 0 Å². The summed E-state index contributed by atoms with van der Waals surface area (Å²) in [5, 5.41) is 0. The van der Waals surface area contributed by atoms with Crippen molar-refractivity contribution in [1.82, 2.24) is 9.55 Å². The second-order valence-corrected chi connectivity index (χ2v) is 7.41. The lowest BCUT2D eigenvalue weighted by Gasteiger charge is -2.22. The fourth-order valence-corrected chi connectivity index (χ4v) is 3.11. The zero-order valence-corrected chi connectivity index (χ0v) is 14.3. The summed E-state index contributed by atoms with van der Waals surface area (Å²) in [4.78, 5) is 6.66. The minimum atomic E-state index is 0.00559. The summed E-state index contributed by atoms with van der Waals surface area (Å²) >= 11 is 1.66. The summed E-state index contributed by atoms with van der Waals surface area (Å²) in [6.07, 6.45) is 3.87. The quantitative estimate of drug-likeness (QED) is 0.535. The van der Waals surface area contributed by atoms with Crippen LogP contribution >= 0.6 is 11.3 Å². The minimum Gasteiger partial charge on any atom is -0.399 e. The molecular formula is C19H19N3S. The molecular weight excluding hydrogens is 302 g/mol. The van der Waals surface area contributed by atoms with Crippen LogP contribution in [-0.4, -0.2) is 9.55 Å². The molecule has 0 atom stereocenters. The number of aromatic nitrogens is 2. The van der Waals surface area contributed by atoms with Crippen molar-refractivity contribution in [2.75, 3.05) is 5.73 Å². The highest BCUT2D eigenvalue weighted by Crippen LogP contribution is 2.30. The summed E-state index contributed by atoms with van der Waals surface area (Å²) in [6.45, 7) is 6.52. The van der Waals surface area contributed by atoms with Gasteiger partial charge in [0.15, 0.2) is 5.82 Å². The largest absolute Gasteiger partial charge is 0.399 e. The highest BCUT2D eigenvalue weighted by Gasteiger charge is 2.18. The molecule has 0 aliphatic rings. The number of hydrogen-bond acceptors (Lipinski definition) is 3. The zero-order valence-electron chi connectivity index (χ0n) is 13.5. The number of imidazole rings is 1. The standard InChI is InChI=1S/C19H19N3S/c1-19(2,3)22-13-12-21-18(22)17-11-10-16(23-17)9-6-14-4-7-15(20)8-5-14/h4-5,7-8,10-13H,20H2,1-3H3.